The lowest BCUT2D eigenvalue weighted by molar-refractivity contribution is 0.454. The van der Waals surface area contributed by atoms with E-state index in [0.29, 0.717) is 5.92 Å². The smallest absolute Gasteiger partial charge is 0.181 e. The number of aromatic nitrogens is 3. The number of hydrogen-bond acceptors (Lipinski definition) is 3. The molecular weight excluding hydrogens is 212 g/mol. The lowest BCUT2D eigenvalue weighted by Crippen LogP contribution is -2.26. The molecule has 4 nitrogen and oxygen atoms in total. The zero-order chi connectivity index (χ0) is 12.1. The maximum Gasteiger partial charge on any atom is 0.181 e. The summed E-state index contributed by atoms with van der Waals surface area (Å²) in [6.45, 7) is 6.21. The molecule has 1 fully saturated rings. The number of nitrogens with one attached hydrogen (secondary N) is 2. The van der Waals surface area contributed by atoms with Gasteiger partial charge in [0.2, 0.25) is 0 Å². The number of hydrogen-bond donors (Lipinski definition) is 2. The van der Waals surface area contributed by atoms with Crippen LogP contribution >= 0.6 is 0 Å². The molecule has 1 aliphatic rings. The number of rotatable bonds is 1. The molecule has 92 valence electrons. The Bertz CT molecular complexity index is 457. The summed E-state index contributed by atoms with van der Waals surface area (Å²) >= 11 is 0. The van der Waals surface area contributed by atoms with Crippen LogP contribution < -0.4 is 5.32 Å². The van der Waals surface area contributed by atoms with E-state index in [2.05, 4.69) is 26.6 Å². The van der Waals surface area contributed by atoms with Crippen molar-refractivity contribution in [3.05, 3.63) is 24.0 Å². The molecule has 0 atom stereocenters. The number of nitrogens with zero attached hydrogens (tertiary/aromatic N) is 2. The summed E-state index contributed by atoms with van der Waals surface area (Å²) in [7, 11) is 0. The summed E-state index contributed by atoms with van der Waals surface area (Å²) in [6, 6.07) is 4.08. The van der Waals surface area contributed by atoms with Crippen LogP contribution in [-0.2, 0) is 0 Å². The van der Waals surface area contributed by atoms with Gasteiger partial charge in [-0.05, 0) is 38.1 Å². The van der Waals surface area contributed by atoms with Crippen LogP contribution in [0.15, 0.2) is 18.3 Å². The third-order valence-electron chi connectivity index (χ3n) is 3.11. The molecule has 2 N–H and O–H groups in total. The molecule has 0 bridgehead atoms. The van der Waals surface area contributed by atoms with Crippen LogP contribution in [0.5, 0.6) is 0 Å². The molecule has 17 heavy (non-hydrogen) atoms. The largest absolute Gasteiger partial charge is 0.317 e. The van der Waals surface area contributed by atoms with Gasteiger partial charge in [0, 0.05) is 23.2 Å². The van der Waals surface area contributed by atoms with Crippen molar-refractivity contribution >= 4 is 11.0 Å². The minimum Gasteiger partial charge on any atom is -0.317 e. The monoisotopic (exact) mass is 232 g/mol. The normalized spacial score (nSPS) is 16.6. The summed E-state index contributed by atoms with van der Waals surface area (Å²) in [5.74, 6) is 0.612. The van der Waals surface area contributed by atoms with Gasteiger partial charge in [0.15, 0.2) is 5.65 Å². The first-order valence-electron chi connectivity index (χ1n) is 6.45. The molecule has 0 amide bonds. The molecule has 0 spiro atoms. The van der Waals surface area contributed by atoms with Crippen molar-refractivity contribution in [3.63, 3.8) is 0 Å². The van der Waals surface area contributed by atoms with E-state index in [4.69, 9.17) is 0 Å². The number of H-pyrrole nitrogens is 1. The lowest BCUT2D eigenvalue weighted by Gasteiger charge is -2.21. The number of fused-ring (bicyclic) bond motifs is 1. The standard InChI is InChI=1S/C11H14N4.C2H6/c1-2-9-10(8-3-6-12-7-4-8)14-15-11(9)13-5-1;1-2/h1-2,5,8,12H,3-4,6-7H2,(H,13,14,15);1-2H3. The third-order valence-corrected chi connectivity index (χ3v) is 3.11. The Kier molecular flexibility index (Phi) is 4.09. The van der Waals surface area contributed by atoms with E-state index >= 15 is 0 Å². The van der Waals surface area contributed by atoms with E-state index in [0.717, 1.165) is 18.7 Å². The van der Waals surface area contributed by atoms with Crippen LogP contribution in [0.3, 0.4) is 0 Å². The van der Waals surface area contributed by atoms with Crippen LogP contribution in [0.2, 0.25) is 0 Å². The van der Waals surface area contributed by atoms with Crippen LogP contribution in [0.4, 0.5) is 0 Å². The van der Waals surface area contributed by atoms with E-state index in [1.807, 2.05) is 19.9 Å². The highest BCUT2D eigenvalue weighted by atomic mass is 15.1. The Morgan fingerprint density at radius 2 is 2.00 bits per heavy atom. The second kappa shape index (κ2) is 5.77. The van der Waals surface area contributed by atoms with E-state index in [1.165, 1.54) is 23.9 Å². The zero-order valence-corrected chi connectivity index (χ0v) is 10.5. The summed E-state index contributed by atoms with van der Waals surface area (Å²) in [5, 5.41) is 11.9. The second-order valence-electron chi connectivity index (χ2n) is 4.04. The summed E-state index contributed by atoms with van der Waals surface area (Å²) < 4.78 is 0. The highest BCUT2D eigenvalue weighted by Gasteiger charge is 2.19. The van der Waals surface area contributed by atoms with Gasteiger partial charge >= 0.3 is 0 Å². The third kappa shape index (κ3) is 2.47. The number of piperidine rings is 1. The maximum absolute atomic E-state index is 4.24. The predicted molar refractivity (Wildman–Crippen MR) is 70.1 cm³/mol. The maximum atomic E-state index is 4.24. The van der Waals surface area contributed by atoms with Gasteiger partial charge in [0.25, 0.3) is 0 Å². The molecule has 1 aliphatic heterocycles. The van der Waals surface area contributed by atoms with E-state index < -0.39 is 0 Å². The van der Waals surface area contributed by atoms with Gasteiger partial charge in [-0.25, -0.2) is 4.98 Å². The molecule has 1 saturated heterocycles. The summed E-state index contributed by atoms with van der Waals surface area (Å²) in [5.41, 5.74) is 2.10. The summed E-state index contributed by atoms with van der Waals surface area (Å²) in [6.07, 6.45) is 4.16. The molecular formula is C13H20N4. The highest BCUT2D eigenvalue weighted by Crippen LogP contribution is 2.28. The molecule has 3 rings (SSSR count). The lowest BCUT2D eigenvalue weighted by atomic mass is 9.93. The fraction of sp³-hybridized carbons (Fsp3) is 0.538. The average Bonchev–Trinajstić information content (AvgIpc) is 2.86. The molecule has 0 aromatic carbocycles. The summed E-state index contributed by atoms with van der Waals surface area (Å²) in [4.78, 5) is 4.24. The van der Waals surface area contributed by atoms with Crippen molar-refractivity contribution in [1.82, 2.24) is 20.5 Å². The second-order valence-corrected chi connectivity index (χ2v) is 4.04. The van der Waals surface area contributed by atoms with Crippen molar-refractivity contribution in [2.75, 3.05) is 13.1 Å². The molecule has 0 saturated carbocycles. The Morgan fingerprint density at radius 3 is 2.76 bits per heavy atom. The van der Waals surface area contributed by atoms with E-state index in [-0.39, 0.29) is 0 Å². The Balaban J connectivity index is 0.000000514. The zero-order valence-electron chi connectivity index (χ0n) is 10.5. The Morgan fingerprint density at radius 1 is 1.24 bits per heavy atom. The molecule has 0 unspecified atom stereocenters. The predicted octanol–water partition coefficient (Wildman–Crippen LogP) is 2.45. The van der Waals surface area contributed by atoms with Gasteiger partial charge < -0.3 is 5.32 Å². The van der Waals surface area contributed by atoms with Gasteiger partial charge in [0.05, 0.1) is 0 Å². The molecule has 2 aromatic heterocycles. The topological polar surface area (TPSA) is 53.6 Å². The van der Waals surface area contributed by atoms with Crippen LogP contribution in [-0.4, -0.2) is 28.3 Å². The first kappa shape index (κ1) is 12.0. The van der Waals surface area contributed by atoms with Crippen LogP contribution in [0.1, 0.15) is 38.3 Å². The fourth-order valence-electron chi connectivity index (χ4n) is 2.29. The number of aromatic amines is 1. The van der Waals surface area contributed by atoms with E-state index in [1.54, 1.807) is 6.20 Å². The van der Waals surface area contributed by atoms with Crippen LogP contribution in [0, 0.1) is 0 Å². The SMILES string of the molecule is CC.c1cnc2n[nH]c(C3CCNCC3)c2c1. The number of pyridine rings is 1. The minimum atomic E-state index is 0.612. The first-order chi connectivity index (χ1) is 8.45. The van der Waals surface area contributed by atoms with Crippen molar-refractivity contribution in [3.8, 4) is 0 Å². The van der Waals surface area contributed by atoms with Gasteiger partial charge in [-0.2, -0.15) is 5.10 Å². The average molecular weight is 232 g/mol. The Labute approximate surface area is 102 Å². The first-order valence-corrected chi connectivity index (χ1v) is 6.45. The van der Waals surface area contributed by atoms with Gasteiger partial charge in [0.1, 0.15) is 0 Å². The van der Waals surface area contributed by atoms with Crippen LogP contribution in [0.25, 0.3) is 11.0 Å². The highest BCUT2D eigenvalue weighted by molar-refractivity contribution is 5.77. The van der Waals surface area contributed by atoms with Gasteiger partial charge in [-0.1, -0.05) is 13.8 Å². The van der Waals surface area contributed by atoms with Gasteiger partial charge in [-0.15, -0.1) is 0 Å². The molecule has 2 aromatic rings. The quantitative estimate of drug-likeness (QED) is 0.794. The minimum absolute atomic E-state index is 0.612. The molecule has 0 aliphatic carbocycles. The van der Waals surface area contributed by atoms with E-state index in [9.17, 15) is 0 Å². The van der Waals surface area contributed by atoms with Crippen molar-refractivity contribution in [2.24, 2.45) is 0 Å². The Hall–Kier alpha value is -1.42. The fourth-order valence-corrected chi connectivity index (χ4v) is 2.29. The van der Waals surface area contributed by atoms with Crippen molar-refractivity contribution in [1.29, 1.82) is 0 Å². The molecule has 4 heteroatoms. The molecule has 0 radical (unpaired) electrons. The molecule has 3 heterocycles. The van der Waals surface area contributed by atoms with Gasteiger partial charge in [-0.3, -0.25) is 5.10 Å². The van der Waals surface area contributed by atoms with Crippen molar-refractivity contribution < 1.29 is 0 Å². The van der Waals surface area contributed by atoms with Crippen molar-refractivity contribution in [2.45, 2.75) is 32.6 Å².